The number of benzene rings is 3. The topological polar surface area (TPSA) is 72.5 Å². The molecule has 3 aromatic carbocycles. The van der Waals surface area contributed by atoms with Crippen molar-refractivity contribution in [1.29, 1.82) is 0 Å². The van der Waals surface area contributed by atoms with E-state index in [1.165, 1.54) is 0 Å². The highest BCUT2D eigenvalue weighted by atomic mass is 32.2. The van der Waals surface area contributed by atoms with Gasteiger partial charge in [0.05, 0.1) is 10.6 Å². The van der Waals surface area contributed by atoms with Crippen LogP contribution in [0.5, 0.6) is 5.75 Å². The maximum Gasteiger partial charge on any atom is 0.260 e. The van der Waals surface area contributed by atoms with Gasteiger partial charge in [0.15, 0.2) is 15.9 Å². The molecule has 0 bridgehead atoms. The molecule has 0 saturated heterocycles. The molecule has 1 amide bonds. The van der Waals surface area contributed by atoms with Crippen LogP contribution in [0.3, 0.4) is 0 Å². The summed E-state index contributed by atoms with van der Waals surface area (Å²) in [7, 11) is -3.34. The van der Waals surface area contributed by atoms with Crippen molar-refractivity contribution >= 4 is 15.7 Å². The van der Waals surface area contributed by atoms with Crippen LogP contribution in [0, 0.1) is 0 Å². The molecule has 0 heterocycles. The van der Waals surface area contributed by atoms with Gasteiger partial charge in [0.2, 0.25) is 0 Å². The molecule has 1 unspecified atom stereocenters. The summed E-state index contributed by atoms with van der Waals surface area (Å²) in [6.45, 7) is 1.94. The minimum atomic E-state index is -3.34. The molecule has 0 aliphatic rings. The lowest BCUT2D eigenvalue weighted by atomic mass is 10.1. The predicted molar refractivity (Wildman–Crippen MR) is 118 cm³/mol. The molecule has 0 aliphatic heterocycles. The molecule has 3 aromatic rings. The van der Waals surface area contributed by atoms with Crippen LogP contribution in [-0.4, -0.2) is 32.7 Å². The first-order chi connectivity index (χ1) is 14.5. The van der Waals surface area contributed by atoms with Crippen molar-refractivity contribution in [3.05, 3.63) is 84.9 Å². The molecule has 1 N–H and O–H groups in total. The van der Waals surface area contributed by atoms with E-state index in [1.807, 2.05) is 54.6 Å². The third-order valence-electron chi connectivity index (χ3n) is 4.63. The number of rotatable bonds is 9. The van der Waals surface area contributed by atoms with Gasteiger partial charge in [-0.1, -0.05) is 60.7 Å². The van der Waals surface area contributed by atoms with Gasteiger partial charge in [-0.25, -0.2) is 8.42 Å². The third-order valence-corrected chi connectivity index (χ3v) is 6.45. The van der Waals surface area contributed by atoms with Crippen LogP contribution in [0.4, 0.5) is 0 Å². The van der Waals surface area contributed by atoms with Gasteiger partial charge in [-0.15, -0.1) is 0 Å². The van der Waals surface area contributed by atoms with E-state index in [-0.39, 0.29) is 18.2 Å². The fourth-order valence-electron chi connectivity index (χ4n) is 2.98. The summed E-state index contributed by atoms with van der Waals surface area (Å²) < 4.78 is 30.2. The lowest BCUT2D eigenvalue weighted by molar-refractivity contribution is -0.127. The van der Waals surface area contributed by atoms with Crippen molar-refractivity contribution in [3.8, 4) is 16.9 Å². The number of nitrogens with one attached hydrogen (secondary N) is 1. The normalized spacial score (nSPS) is 12.2. The highest BCUT2D eigenvalue weighted by Crippen LogP contribution is 2.22. The van der Waals surface area contributed by atoms with Crippen molar-refractivity contribution in [3.63, 3.8) is 0 Å². The molecule has 156 valence electrons. The second-order valence-electron chi connectivity index (χ2n) is 6.93. The Balaban J connectivity index is 1.45. The fourth-order valence-corrected chi connectivity index (χ4v) is 4.31. The van der Waals surface area contributed by atoms with E-state index in [1.54, 1.807) is 37.3 Å². The minimum absolute atomic E-state index is 0.0204. The van der Waals surface area contributed by atoms with E-state index in [4.69, 9.17) is 4.74 Å². The average molecular weight is 424 g/mol. The van der Waals surface area contributed by atoms with Crippen molar-refractivity contribution in [1.82, 2.24) is 5.32 Å². The highest BCUT2D eigenvalue weighted by Gasteiger charge is 2.16. The molecule has 6 heteroatoms. The number of ether oxygens (including phenoxy) is 1. The number of hydrogen-bond acceptors (Lipinski definition) is 4. The molecule has 0 radical (unpaired) electrons. The molecule has 30 heavy (non-hydrogen) atoms. The van der Waals surface area contributed by atoms with E-state index in [0.717, 1.165) is 11.1 Å². The quantitative estimate of drug-likeness (QED) is 0.526. The van der Waals surface area contributed by atoms with Crippen molar-refractivity contribution < 1.29 is 17.9 Å². The van der Waals surface area contributed by atoms with Gasteiger partial charge in [0.25, 0.3) is 5.91 Å². The van der Waals surface area contributed by atoms with Crippen LogP contribution in [0.2, 0.25) is 0 Å². The molecular weight excluding hydrogens is 398 g/mol. The molecule has 0 spiro atoms. The SMILES string of the molecule is CC(Oc1ccc(-c2ccccc2)cc1)C(=O)NCCCS(=O)(=O)c1ccccc1. The Bertz CT molecular complexity index is 1050. The Morgan fingerprint density at radius 3 is 2.07 bits per heavy atom. The second kappa shape index (κ2) is 10.1. The second-order valence-corrected chi connectivity index (χ2v) is 9.04. The number of hydrogen-bond donors (Lipinski definition) is 1. The van der Waals surface area contributed by atoms with Crippen molar-refractivity contribution in [2.45, 2.75) is 24.3 Å². The standard InChI is InChI=1S/C24H25NO4S/c1-19(29-22-15-13-21(14-16-22)20-9-4-2-5-10-20)24(26)25-17-8-18-30(27,28)23-11-6-3-7-12-23/h2-7,9-16,19H,8,17-18H2,1H3,(H,25,26). The molecular formula is C24H25NO4S. The summed E-state index contributed by atoms with van der Waals surface area (Å²) in [6.07, 6.45) is -0.347. The molecule has 0 saturated carbocycles. The highest BCUT2D eigenvalue weighted by molar-refractivity contribution is 7.91. The predicted octanol–water partition coefficient (Wildman–Crippen LogP) is 4.10. The molecule has 5 nitrogen and oxygen atoms in total. The summed E-state index contributed by atoms with van der Waals surface area (Å²) in [5.74, 6) is 0.302. The molecule has 0 aliphatic carbocycles. The van der Waals surface area contributed by atoms with Gasteiger partial charge in [-0.3, -0.25) is 4.79 Å². The van der Waals surface area contributed by atoms with Crippen LogP contribution >= 0.6 is 0 Å². The van der Waals surface area contributed by atoms with Gasteiger partial charge in [-0.05, 0) is 48.7 Å². The van der Waals surface area contributed by atoms with Crippen molar-refractivity contribution in [2.24, 2.45) is 0 Å². The zero-order chi connectivity index (χ0) is 21.4. The van der Waals surface area contributed by atoms with Gasteiger partial charge >= 0.3 is 0 Å². The summed E-state index contributed by atoms with van der Waals surface area (Å²) in [5.41, 5.74) is 2.18. The molecule has 0 fully saturated rings. The zero-order valence-corrected chi connectivity index (χ0v) is 17.6. The fraction of sp³-hybridized carbons (Fsp3) is 0.208. The van der Waals surface area contributed by atoms with Gasteiger partial charge in [-0.2, -0.15) is 0 Å². The first-order valence-electron chi connectivity index (χ1n) is 9.83. The first-order valence-corrected chi connectivity index (χ1v) is 11.5. The van der Waals surface area contributed by atoms with E-state index in [9.17, 15) is 13.2 Å². The van der Waals surface area contributed by atoms with Crippen LogP contribution in [0.1, 0.15) is 13.3 Å². The zero-order valence-electron chi connectivity index (χ0n) is 16.8. The Labute approximate surface area is 177 Å². The average Bonchev–Trinajstić information content (AvgIpc) is 2.78. The molecule has 3 rings (SSSR count). The lowest BCUT2D eigenvalue weighted by Gasteiger charge is -2.15. The van der Waals surface area contributed by atoms with Crippen molar-refractivity contribution in [2.75, 3.05) is 12.3 Å². The third kappa shape index (κ3) is 5.94. The number of carbonyl (C=O) groups excluding carboxylic acids is 1. The van der Waals surface area contributed by atoms with E-state index >= 15 is 0 Å². The Kier molecular flexibility index (Phi) is 7.25. The van der Waals surface area contributed by atoms with E-state index in [2.05, 4.69) is 5.32 Å². The Morgan fingerprint density at radius 1 is 0.867 bits per heavy atom. The van der Waals surface area contributed by atoms with Crippen LogP contribution in [-0.2, 0) is 14.6 Å². The minimum Gasteiger partial charge on any atom is -0.481 e. The van der Waals surface area contributed by atoms with E-state index in [0.29, 0.717) is 17.1 Å². The van der Waals surface area contributed by atoms with Gasteiger partial charge in [0.1, 0.15) is 5.75 Å². The summed E-state index contributed by atoms with van der Waals surface area (Å²) in [5, 5.41) is 2.74. The van der Waals surface area contributed by atoms with Gasteiger partial charge < -0.3 is 10.1 Å². The van der Waals surface area contributed by atoms with Crippen LogP contribution in [0.25, 0.3) is 11.1 Å². The van der Waals surface area contributed by atoms with Gasteiger partial charge in [0, 0.05) is 6.54 Å². The number of carbonyl (C=O) groups is 1. The number of sulfone groups is 1. The number of amides is 1. The molecule has 1 atom stereocenters. The smallest absolute Gasteiger partial charge is 0.260 e. The van der Waals surface area contributed by atoms with Crippen LogP contribution in [0.15, 0.2) is 89.8 Å². The van der Waals surface area contributed by atoms with E-state index < -0.39 is 15.9 Å². The monoisotopic (exact) mass is 423 g/mol. The Hall–Kier alpha value is -3.12. The largest absolute Gasteiger partial charge is 0.481 e. The Morgan fingerprint density at radius 2 is 1.43 bits per heavy atom. The first kappa shape index (κ1) is 21.6. The molecule has 0 aromatic heterocycles. The lowest BCUT2D eigenvalue weighted by Crippen LogP contribution is -2.37. The maximum atomic E-state index is 12.2. The van der Waals surface area contributed by atoms with Crippen LogP contribution < -0.4 is 10.1 Å². The summed E-state index contributed by atoms with van der Waals surface area (Å²) >= 11 is 0. The summed E-state index contributed by atoms with van der Waals surface area (Å²) in [4.78, 5) is 12.5. The maximum absolute atomic E-state index is 12.2. The summed E-state index contributed by atoms with van der Waals surface area (Å²) in [6, 6.07) is 25.9.